The van der Waals surface area contributed by atoms with Crippen LogP contribution in [-0.2, 0) is 9.53 Å². The minimum absolute atomic E-state index is 0.177. The van der Waals surface area contributed by atoms with Crippen LogP contribution in [-0.4, -0.2) is 50.7 Å². The molecule has 1 N–H and O–H groups in total. The highest BCUT2D eigenvalue weighted by Gasteiger charge is 2.17. The van der Waals surface area contributed by atoms with Crippen molar-refractivity contribution in [1.29, 1.82) is 0 Å². The van der Waals surface area contributed by atoms with Crippen molar-refractivity contribution in [1.82, 2.24) is 10.2 Å². The molecule has 0 radical (unpaired) electrons. The van der Waals surface area contributed by atoms with Crippen LogP contribution in [0, 0.1) is 5.92 Å². The van der Waals surface area contributed by atoms with Gasteiger partial charge in [-0.05, 0) is 58.8 Å². The van der Waals surface area contributed by atoms with E-state index in [2.05, 4.69) is 22.0 Å². The number of hydrogen-bond donors (Lipinski definition) is 1. The Bertz CT molecular complexity index is 213. The Hall–Kier alpha value is -0.610. The molecule has 0 amide bonds. The van der Waals surface area contributed by atoms with Crippen LogP contribution in [0.3, 0.4) is 0 Å². The van der Waals surface area contributed by atoms with Gasteiger partial charge >= 0.3 is 5.97 Å². The van der Waals surface area contributed by atoms with Crippen LogP contribution in [0.2, 0.25) is 0 Å². The maximum Gasteiger partial charge on any atom is 0.322 e. The van der Waals surface area contributed by atoms with Crippen molar-refractivity contribution in [2.75, 3.05) is 33.8 Å². The second-order valence-electron chi connectivity index (χ2n) is 4.73. The third-order valence-electron chi connectivity index (χ3n) is 3.40. The molecule has 16 heavy (non-hydrogen) atoms. The van der Waals surface area contributed by atoms with Crippen LogP contribution < -0.4 is 5.32 Å². The molecule has 0 bridgehead atoms. The van der Waals surface area contributed by atoms with E-state index in [0.29, 0.717) is 0 Å². The number of nitrogens with zero attached hydrogens (tertiary/aromatic N) is 1. The van der Waals surface area contributed by atoms with Crippen LogP contribution in [0.15, 0.2) is 0 Å². The molecule has 1 atom stereocenters. The number of hydrogen-bond acceptors (Lipinski definition) is 4. The maximum absolute atomic E-state index is 11.1. The van der Waals surface area contributed by atoms with E-state index >= 15 is 0 Å². The Balaban J connectivity index is 2.09. The summed E-state index contributed by atoms with van der Waals surface area (Å²) in [5.74, 6) is 0.636. The van der Waals surface area contributed by atoms with Gasteiger partial charge in [0, 0.05) is 0 Å². The van der Waals surface area contributed by atoms with Gasteiger partial charge in [-0.1, -0.05) is 0 Å². The Morgan fingerprint density at radius 3 is 2.69 bits per heavy atom. The molecule has 1 aliphatic rings. The Morgan fingerprint density at radius 1 is 1.50 bits per heavy atom. The van der Waals surface area contributed by atoms with E-state index in [-0.39, 0.29) is 12.0 Å². The lowest BCUT2D eigenvalue weighted by molar-refractivity contribution is -0.142. The topological polar surface area (TPSA) is 41.6 Å². The normalized spacial score (nSPS) is 20.7. The average molecular weight is 228 g/mol. The van der Waals surface area contributed by atoms with Crippen LogP contribution in [0.4, 0.5) is 0 Å². The number of carbonyl (C=O) groups excluding carboxylic acids is 1. The molecule has 0 saturated carbocycles. The largest absolute Gasteiger partial charge is 0.468 e. The summed E-state index contributed by atoms with van der Waals surface area (Å²) in [4.78, 5) is 13.5. The molecule has 4 heteroatoms. The summed E-state index contributed by atoms with van der Waals surface area (Å²) >= 11 is 0. The Kier molecular flexibility index (Phi) is 5.77. The van der Waals surface area contributed by atoms with Crippen LogP contribution in [0.1, 0.15) is 26.2 Å². The minimum Gasteiger partial charge on any atom is -0.468 e. The Labute approximate surface area is 98.3 Å². The summed E-state index contributed by atoms with van der Waals surface area (Å²) in [5, 5.41) is 3.20. The number of nitrogens with one attached hydrogen (secondary N) is 1. The molecule has 1 fully saturated rings. The van der Waals surface area contributed by atoms with Crippen LogP contribution >= 0.6 is 0 Å². The molecule has 1 heterocycles. The SMILES string of the molecule is COC(=O)C(C)NCCC1CCN(C)CC1. The van der Waals surface area contributed by atoms with Crippen molar-refractivity contribution in [2.24, 2.45) is 5.92 Å². The molecule has 0 aromatic heterocycles. The van der Waals surface area contributed by atoms with Gasteiger partial charge in [-0.25, -0.2) is 0 Å². The van der Waals surface area contributed by atoms with Crippen molar-refractivity contribution in [3.05, 3.63) is 0 Å². The lowest BCUT2D eigenvalue weighted by Gasteiger charge is -2.29. The smallest absolute Gasteiger partial charge is 0.322 e. The zero-order valence-corrected chi connectivity index (χ0v) is 10.7. The highest BCUT2D eigenvalue weighted by atomic mass is 16.5. The zero-order valence-electron chi connectivity index (χ0n) is 10.7. The summed E-state index contributed by atoms with van der Waals surface area (Å²) in [6.07, 6.45) is 3.73. The van der Waals surface area contributed by atoms with Gasteiger partial charge in [0.05, 0.1) is 7.11 Å². The van der Waals surface area contributed by atoms with Gasteiger partial charge in [0.15, 0.2) is 0 Å². The predicted octanol–water partition coefficient (Wildman–Crippen LogP) is 0.869. The van der Waals surface area contributed by atoms with Crippen molar-refractivity contribution in [2.45, 2.75) is 32.2 Å². The summed E-state index contributed by atoms with van der Waals surface area (Å²) in [5.41, 5.74) is 0. The maximum atomic E-state index is 11.1. The lowest BCUT2D eigenvalue weighted by Crippen LogP contribution is -2.37. The fourth-order valence-electron chi connectivity index (χ4n) is 2.11. The van der Waals surface area contributed by atoms with Gasteiger partial charge in [0.1, 0.15) is 6.04 Å². The number of esters is 1. The summed E-state index contributed by atoms with van der Waals surface area (Å²) in [6, 6.07) is -0.184. The van der Waals surface area contributed by atoms with E-state index in [0.717, 1.165) is 18.9 Å². The van der Waals surface area contributed by atoms with Crippen molar-refractivity contribution < 1.29 is 9.53 Å². The van der Waals surface area contributed by atoms with Gasteiger partial charge in [0.2, 0.25) is 0 Å². The molecule has 1 saturated heterocycles. The summed E-state index contributed by atoms with van der Waals surface area (Å²) < 4.78 is 4.66. The lowest BCUT2D eigenvalue weighted by atomic mass is 9.94. The quantitative estimate of drug-likeness (QED) is 0.709. The van der Waals surface area contributed by atoms with Gasteiger partial charge in [0.25, 0.3) is 0 Å². The number of likely N-dealkylation sites (tertiary alicyclic amines) is 1. The molecule has 4 nitrogen and oxygen atoms in total. The van der Waals surface area contributed by atoms with E-state index in [9.17, 15) is 4.79 Å². The second kappa shape index (κ2) is 6.86. The average Bonchev–Trinajstić information content (AvgIpc) is 2.30. The molecule has 1 aliphatic heterocycles. The Morgan fingerprint density at radius 2 is 2.12 bits per heavy atom. The van der Waals surface area contributed by atoms with E-state index in [4.69, 9.17) is 0 Å². The zero-order chi connectivity index (χ0) is 12.0. The standard InChI is InChI=1S/C12H24N2O2/c1-10(12(15)16-3)13-7-4-11-5-8-14(2)9-6-11/h10-11,13H,4-9H2,1-3H3. The van der Waals surface area contributed by atoms with Crippen molar-refractivity contribution in [3.8, 4) is 0 Å². The van der Waals surface area contributed by atoms with E-state index < -0.39 is 0 Å². The van der Waals surface area contributed by atoms with E-state index in [1.807, 2.05) is 6.92 Å². The van der Waals surface area contributed by atoms with Gasteiger partial charge in [-0.15, -0.1) is 0 Å². The third kappa shape index (κ3) is 4.49. The first-order chi connectivity index (χ1) is 7.63. The highest BCUT2D eigenvalue weighted by molar-refractivity contribution is 5.74. The van der Waals surface area contributed by atoms with Crippen LogP contribution in [0.5, 0.6) is 0 Å². The van der Waals surface area contributed by atoms with Gasteiger partial charge in [-0.3, -0.25) is 4.79 Å². The first-order valence-electron chi connectivity index (χ1n) is 6.13. The molecular weight excluding hydrogens is 204 g/mol. The summed E-state index contributed by atoms with van der Waals surface area (Å²) in [6.45, 7) is 5.17. The number of methoxy groups -OCH3 is 1. The minimum atomic E-state index is -0.184. The number of piperidine rings is 1. The second-order valence-corrected chi connectivity index (χ2v) is 4.73. The van der Waals surface area contributed by atoms with E-state index in [1.165, 1.54) is 33.0 Å². The monoisotopic (exact) mass is 228 g/mol. The van der Waals surface area contributed by atoms with Crippen molar-refractivity contribution >= 4 is 5.97 Å². The molecule has 1 unspecified atom stereocenters. The van der Waals surface area contributed by atoms with Crippen LogP contribution in [0.25, 0.3) is 0 Å². The van der Waals surface area contributed by atoms with Gasteiger partial charge in [-0.2, -0.15) is 0 Å². The van der Waals surface area contributed by atoms with Gasteiger partial charge < -0.3 is 15.0 Å². The fraction of sp³-hybridized carbons (Fsp3) is 0.917. The number of carbonyl (C=O) groups is 1. The molecule has 0 aromatic rings. The molecular formula is C12H24N2O2. The first-order valence-corrected chi connectivity index (χ1v) is 6.13. The predicted molar refractivity (Wildman–Crippen MR) is 64.3 cm³/mol. The highest BCUT2D eigenvalue weighted by Crippen LogP contribution is 2.18. The molecule has 1 rings (SSSR count). The fourth-order valence-corrected chi connectivity index (χ4v) is 2.11. The number of ether oxygens (including phenoxy) is 1. The molecule has 0 aliphatic carbocycles. The molecule has 0 aromatic carbocycles. The molecule has 94 valence electrons. The van der Waals surface area contributed by atoms with E-state index in [1.54, 1.807) is 0 Å². The molecule has 0 spiro atoms. The first kappa shape index (κ1) is 13.5. The summed E-state index contributed by atoms with van der Waals surface area (Å²) in [7, 11) is 3.60. The van der Waals surface area contributed by atoms with Crippen molar-refractivity contribution in [3.63, 3.8) is 0 Å². The third-order valence-corrected chi connectivity index (χ3v) is 3.40. The number of rotatable bonds is 5.